The van der Waals surface area contributed by atoms with E-state index in [1.807, 2.05) is 6.92 Å². The molecule has 0 heterocycles. The molecule has 0 aromatic heterocycles. The molecular weight excluding hydrogens is 120 g/mol. The summed E-state index contributed by atoms with van der Waals surface area (Å²) >= 11 is 0. The first-order valence-electron chi connectivity index (χ1n) is 3.07. The summed E-state index contributed by atoms with van der Waals surface area (Å²) in [5, 5.41) is 18.4. The molecule has 0 aliphatic rings. The Morgan fingerprint density at radius 2 is 2.22 bits per heavy atom. The van der Waals surface area contributed by atoms with Crippen molar-refractivity contribution in [1.82, 2.24) is 0 Å². The maximum Gasteiger partial charge on any atom is 0.383 e. The summed E-state index contributed by atoms with van der Waals surface area (Å²) < 4.78 is 0. The van der Waals surface area contributed by atoms with Crippen LogP contribution in [0.15, 0.2) is 0 Å². The molecule has 0 saturated carbocycles. The van der Waals surface area contributed by atoms with E-state index in [0.29, 0.717) is 6.42 Å². The third-order valence-electron chi connectivity index (χ3n) is 1.10. The molecule has 0 fully saturated rings. The fourth-order valence-corrected chi connectivity index (χ4v) is 0.515. The standard InChI is InChI=1S/C6H11O3/c1-2-3-4-5(7)6(8)9/h5,7H,2-4H2,1H3. The van der Waals surface area contributed by atoms with Crippen molar-refractivity contribution in [2.24, 2.45) is 0 Å². The van der Waals surface area contributed by atoms with Gasteiger partial charge in [-0.1, -0.05) is 19.8 Å². The van der Waals surface area contributed by atoms with E-state index in [4.69, 9.17) is 5.11 Å². The van der Waals surface area contributed by atoms with E-state index in [0.717, 1.165) is 12.8 Å². The summed E-state index contributed by atoms with van der Waals surface area (Å²) in [5.41, 5.74) is 0. The minimum absolute atomic E-state index is 0.304. The minimum atomic E-state index is -1.37. The van der Waals surface area contributed by atoms with Crippen LogP contribution in [-0.2, 0) is 9.90 Å². The van der Waals surface area contributed by atoms with Crippen LogP contribution in [0, 0.1) is 0 Å². The van der Waals surface area contributed by atoms with E-state index in [1.54, 1.807) is 0 Å². The number of hydrogen-bond donors (Lipinski definition) is 1. The maximum atomic E-state index is 9.84. The van der Waals surface area contributed by atoms with Crippen LogP contribution in [0.25, 0.3) is 0 Å². The number of aliphatic hydroxyl groups is 1. The van der Waals surface area contributed by atoms with Gasteiger partial charge in [0, 0.05) is 0 Å². The molecule has 1 radical (unpaired) electrons. The van der Waals surface area contributed by atoms with Gasteiger partial charge in [0.15, 0.2) is 6.10 Å². The largest absolute Gasteiger partial charge is 0.383 e. The topological polar surface area (TPSA) is 57.2 Å². The molecule has 0 amide bonds. The maximum absolute atomic E-state index is 9.84. The summed E-state index contributed by atoms with van der Waals surface area (Å²) in [7, 11) is 0. The molecule has 0 aliphatic carbocycles. The van der Waals surface area contributed by atoms with Crippen molar-refractivity contribution in [3.8, 4) is 0 Å². The van der Waals surface area contributed by atoms with Crippen LogP contribution in [0.1, 0.15) is 26.2 Å². The zero-order valence-electron chi connectivity index (χ0n) is 5.46. The van der Waals surface area contributed by atoms with Crippen molar-refractivity contribution in [3.05, 3.63) is 0 Å². The van der Waals surface area contributed by atoms with E-state index in [2.05, 4.69) is 0 Å². The lowest BCUT2D eigenvalue weighted by molar-refractivity contribution is -0.153. The van der Waals surface area contributed by atoms with Crippen molar-refractivity contribution in [3.63, 3.8) is 0 Å². The fourth-order valence-electron chi connectivity index (χ4n) is 0.515. The molecule has 0 saturated heterocycles. The number of rotatable bonds is 4. The molecule has 1 N–H and O–H groups in total. The van der Waals surface area contributed by atoms with Gasteiger partial charge in [0.2, 0.25) is 0 Å². The van der Waals surface area contributed by atoms with Gasteiger partial charge < -0.3 is 5.11 Å². The minimum Gasteiger partial charge on any atom is -0.381 e. The third kappa shape index (κ3) is 3.97. The van der Waals surface area contributed by atoms with Gasteiger partial charge in [-0.3, -0.25) is 0 Å². The summed E-state index contributed by atoms with van der Waals surface area (Å²) in [4.78, 5) is 9.84. The second-order valence-corrected chi connectivity index (χ2v) is 1.98. The first-order chi connectivity index (χ1) is 4.18. The van der Waals surface area contributed by atoms with Crippen LogP contribution in [0.4, 0.5) is 0 Å². The van der Waals surface area contributed by atoms with Crippen molar-refractivity contribution in [2.75, 3.05) is 0 Å². The Hall–Kier alpha value is -0.570. The van der Waals surface area contributed by atoms with E-state index in [-0.39, 0.29) is 0 Å². The highest BCUT2D eigenvalue weighted by molar-refractivity contribution is 5.71. The van der Waals surface area contributed by atoms with E-state index < -0.39 is 12.1 Å². The van der Waals surface area contributed by atoms with Gasteiger partial charge in [-0.05, 0) is 6.42 Å². The van der Waals surface area contributed by atoms with E-state index in [1.165, 1.54) is 0 Å². The third-order valence-corrected chi connectivity index (χ3v) is 1.10. The Morgan fingerprint density at radius 1 is 1.67 bits per heavy atom. The molecule has 0 bridgehead atoms. The Morgan fingerprint density at radius 3 is 2.56 bits per heavy atom. The molecule has 3 nitrogen and oxygen atoms in total. The van der Waals surface area contributed by atoms with Crippen molar-refractivity contribution in [1.29, 1.82) is 0 Å². The molecule has 9 heavy (non-hydrogen) atoms. The number of carbonyl (C=O) groups excluding carboxylic acids is 1. The predicted molar refractivity (Wildman–Crippen MR) is 31.2 cm³/mol. The lowest BCUT2D eigenvalue weighted by Gasteiger charge is -1.99. The summed E-state index contributed by atoms with van der Waals surface area (Å²) in [6, 6.07) is 0. The molecule has 0 aromatic carbocycles. The molecular formula is C6H11O3. The lowest BCUT2D eigenvalue weighted by Crippen LogP contribution is -2.17. The Kier molecular flexibility index (Phi) is 4.05. The molecule has 3 heteroatoms. The van der Waals surface area contributed by atoms with Crippen LogP contribution in [-0.4, -0.2) is 17.2 Å². The van der Waals surface area contributed by atoms with Crippen molar-refractivity contribution in [2.45, 2.75) is 32.3 Å². The predicted octanol–water partition coefficient (Wildman–Crippen LogP) is 0.495. The van der Waals surface area contributed by atoms with Crippen LogP contribution in [0.2, 0.25) is 0 Å². The normalized spacial score (nSPS) is 13.1. The van der Waals surface area contributed by atoms with Crippen LogP contribution < -0.4 is 0 Å². The fraction of sp³-hybridized carbons (Fsp3) is 0.833. The van der Waals surface area contributed by atoms with Crippen molar-refractivity contribution >= 4 is 5.97 Å². The van der Waals surface area contributed by atoms with Gasteiger partial charge in [0.25, 0.3) is 0 Å². The van der Waals surface area contributed by atoms with Crippen LogP contribution >= 0.6 is 0 Å². The van der Waals surface area contributed by atoms with Crippen molar-refractivity contribution < 1.29 is 15.0 Å². The molecule has 53 valence electrons. The zero-order valence-corrected chi connectivity index (χ0v) is 5.46. The monoisotopic (exact) mass is 131 g/mol. The smallest absolute Gasteiger partial charge is 0.381 e. The molecule has 1 unspecified atom stereocenters. The first kappa shape index (κ1) is 8.43. The van der Waals surface area contributed by atoms with Crippen LogP contribution in [0.3, 0.4) is 0 Å². The highest BCUT2D eigenvalue weighted by atomic mass is 16.4. The lowest BCUT2D eigenvalue weighted by atomic mass is 10.2. The number of aliphatic hydroxyl groups excluding tert-OH is 1. The zero-order chi connectivity index (χ0) is 7.28. The second-order valence-electron chi connectivity index (χ2n) is 1.98. The second kappa shape index (κ2) is 4.32. The SMILES string of the molecule is CCCCC(O)C([O])=O. The molecule has 0 aromatic rings. The highest BCUT2D eigenvalue weighted by Gasteiger charge is 2.13. The number of carbonyl (C=O) groups is 1. The molecule has 1 atom stereocenters. The number of unbranched alkanes of at least 4 members (excludes halogenated alkanes) is 1. The average molecular weight is 131 g/mol. The highest BCUT2D eigenvalue weighted by Crippen LogP contribution is 1.99. The van der Waals surface area contributed by atoms with Gasteiger partial charge in [-0.2, -0.15) is 0 Å². The van der Waals surface area contributed by atoms with E-state index >= 15 is 0 Å². The Bertz CT molecular complexity index is 90.3. The average Bonchev–Trinajstić information content (AvgIpc) is 1.82. The van der Waals surface area contributed by atoms with Gasteiger partial charge in [-0.25, -0.2) is 9.90 Å². The van der Waals surface area contributed by atoms with E-state index in [9.17, 15) is 9.90 Å². The van der Waals surface area contributed by atoms with Gasteiger partial charge in [-0.15, -0.1) is 0 Å². The van der Waals surface area contributed by atoms with Gasteiger partial charge >= 0.3 is 5.97 Å². The first-order valence-corrected chi connectivity index (χ1v) is 3.07. The van der Waals surface area contributed by atoms with Crippen LogP contribution in [0.5, 0.6) is 0 Å². The Balaban J connectivity index is 3.27. The number of hydrogen-bond acceptors (Lipinski definition) is 2. The summed E-state index contributed by atoms with van der Waals surface area (Å²) in [6.07, 6.45) is 0.656. The summed E-state index contributed by atoms with van der Waals surface area (Å²) in [6.45, 7) is 1.93. The van der Waals surface area contributed by atoms with Gasteiger partial charge in [0.05, 0.1) is 0 Å². The summed E-state index contributed by atoms with van der Waals surface area (Å²) in [5.74, 6) is -1.37. The quantitative estimate of drug-likeness (QED) is 0.603. The molecule has 0 rings (SSSR count). The van der Waals surface area contributed by atoms with Gasteiger partial charge in [0.1, 0.15) is 0 Å². The Labute approximate surface area is 54.3 Å². The molecule has 0 spiro atoms. The molecule has 0 aliphatic heterocycles.